The molecular formula is C21H28N6O4. The summed E-state index contributed by atoms with van der Waals surface area (Å²) < 4.78 is 7.16. The number of aromatic nitrogens is 4. The number of imidazole rings is 1. The second-order valence-electron chi connectivity index (χ2n) is 7.81. The van der Waals surface area contributed by atoms with Gasteiger partial charge in [0.05, 0.1) is 12.9 Å². The zero-order valence-electron chi connectivity index (χ0n) is 17.5. The maximum absolute atomic E-state index is 10.4. The molecule has 0 amide bonds. The highest BCUT2D eigenvalue weighted by atomic mass is 16.6. The number of aliphatic hydroxyl groups excluding tert-OH is 3. The molecule has 1 aliphatic rings. The minimum Gasteiger partial charge on any atom is -0.394 e. The summed E-state index contributed by atoms with van der Waals surface area (Å²) in [4.78, 5) is 15.4. The molecule has 166 valence electrons. The Morgan fingerprint density at radius 1 is 1.19 bits per heavy atom. The first-order valence-corrected chi connectivity index (χ1v) is 10.4. The van der Waals surface area contributed by atoms with Crippen LogP contribution in [0.15, 0.2) is 36.7 Å². The van der Waals surface area contributed by atoms with Crippen LogP contribution in [0.1, 0.15) is 31.6 Å². The summed E-state index contributed by atoms with van der Waals surface area (Å²) in [7, 11) is 0. The van der Waals surface area contributed by atoms with Gasteiger partial charge >= 0.3 is 0 Å². The molecule has 0 spiro atoms. The van der Waals surface area contributed by atoms with Gasteiger partial charge in [-0.2, -0.15) is 9.97 Å². The Kier molecular flexibility index (Phi) is 6.05. The standard InChI is InChI=1S/C21H28N6O4/c1-3-26(9-12(2)13-7-5-4-6-8-13)21-24-18(22)15-19(25-21)27(11-23-15)20-17(30)16(29)14(10-28)31-20/h4-8,11-12,14,16-17,20,28-30H,3,9-10H2,1-2H3,(H2,22,24,25)/t12?,14-,16?,17?,20-/m1/s1. The number of rotatable bonds is 7. The number of benzene rings is 1. The summed E-state index contributed by atoms with van der Waals surface area (Å²) >= 11 is 0. The van der Waals surface area contributed by atoms with Crippen molar-refractivity contribution < 1.29 is 20.1 Å². The molecule has 0 bridgehead atoms. The number of nitrogen functional groups attached to an aromatic ring is 1. The molecule has 4 rings (SSSR count). The van der Waals surface area contributed by atoms with Crippen molar-refractivity contribution in [3.8, 4) is 0 Å². The van der Waals surface area contributed by atoms with Crippen molar-refractivity contribution in [3.05, 3.63) is 42.2 Å². The molecule has 0 saturated carbocycles. The number of nitrogens with two attached hydrogens (primary N) is 1. The molecule has 5 atom stereocenters. The second-order valence-corrected chi connectivity index (χ2v) is 7.81. The van der Waals surface area contributed by atoms with Crippen LogP contribution in [0.25, 0.3) is 11.2 Å². The number of aliphatic hydroxyl groups is 3. The first kappa shape index (κ1) is 21.4. The predicted molar refractivity (Wildman–Crippen MR) is 115 cm³/mol. The van der Waals surface area contributed by atoms with E-state index in [1.165, 1.54) is 16.5 Å². The van der Waals surface area contributed by atoms with Gasteiger partial charge < -0.3 is 30.7 Å². The van der Waals surface area contributed by atoms with Gasteiger partial charge in [-0.1, -0.05) is 37.3 Å². The third kappa shape index (κ3) is 3.94. The van der Waals surface area contributed by atoms with Gasteiger partial charge in [-0.15, -0.1) is 0 Å². The Balaban J connectivity index is 1.67. The second kappa shape index (κ2) is 8.75. The van der Waals surface area contributed by atoms with Crippen LogP contribution in [-0.2, 0) is 4.74 Å². The monoisotopic (exact) mass is 428 g/mol. The molecule has 1 aliphatic heterocycles. The smallest absolute Gasteiger partial charge is 0.229 e. The largest absolute Gasteiger partial charge is 0.394 e. The molecular weight excluding hydrogens is 400 g/mol. The van der Waals surface area contributed by atoms with Crippen LogP contribution >= 0.6 is 0 Å². The SMILES string of the molecule is CCN(CC(C)c1ccccc1)c1nc(N)c2ncn([C@@H]3O[C@H](CO)C(O)C3O)c2n1. The van der Waals surface area contributed by atoms with Crippen LogP contribution in [0.2, 0.25) is 0 Å². The Morgan fingerprint density at radius 2 is 1.94 bits per heavy atom. The summed E-state index contributed by atoms with van der Waals surface area (Å²) in [5.41, 5.74) is 8.16. The number of fused-ring (bicyclic) bond motifs is 1. The zero-order chi connectivity index (χ0) is 22.1. The molecule has 5 N–H and O–H groups in total. The number of anilines is 2. The van der Waals surface area contributed by atoms with E-state index in [9.17, 15) is 15.3 Å². The molecule has 3 unspecified atom stereocenters. The van der Waals surface area contributed by atoms with Crippen LogP contribution in [0.3, 0.4) is 0 Å². The van der Waals surface area contributed by atoms with Crippen molar-refractivity contribution in [3.63, 3.8) is 0 Å². The van der Waals surface area contributed by atoms with Gasteiger partial charge in [0.2, 0.25) is 5.95 Å². The number of likely N-dealkylation sites (N-methyl/N-ethyl adjacent to an activating group) is 1. The molecule has 3 aromatic rings. The van der Waals surface area contributed by atoms with Crippen LogP contribution in [0.5, 0.6) is 0 Å². The lowest BCUT2D eigenvalue weighted by Crippen LogP contribution is -2.33. The summed E-state index contributed by atoms with van der Waals surface area (Å²) in [5, 5.41) is 29.9. The predicted octanol–water partition coefficient (Wildman–Crippen LogP) is 0.650. The highest BCUT2D eigenvalue weighted by Crippen LogP contribution is 2.32. The minimum absolute atomic E-state index is 0.219. The van der Waals surface area contributed by atoms with Crippen LogP contribution in [0.4, 0.5) is 11.8 Å². The topological polar surface area (TPSA) is 143 Å². The molecule has 1 saturated heterocycles. The fourth-order valence-electron chi connectivity index (χ4n) is 3.93. The van der Waals surface area contributed by atoms with E-state index in [-0.39, 0.29) is 11.7 Å². The van der Waals surface area contributed by atoms with E-state index in [1.807, 2.05) is 30.0 Å². The third-order valence-corrected chi connectivity index (χ3v) is 5.76. The summed E-state index contributed by atoms with van der Waals surface area (Å²) in [6, 6.07) is 10.2. The molecule has 1 fully saturated rings. The van der Waals surface area contributed by atoms with E-state index >= 15 is 0 Å². The lowest BCUT2D eigenvalue weighted by atomic mass is 10.0. The van der Waals surface area contributed by atoms with Crippen LogP contribution < -0.4 is 10.6 Å². The number of nitrogens with zero attached hydrogens (tertiary/aromatic N) is 5. The first-order chi connectivity index (χ1) is 14.9. The van der Waals surface area contributed by atoms with E-state index < -0.39 is 31.1 Å². The minimum atomic E-state index is -1.24. The molecule has 3 heterocycles. The molecule has 2 aromatic heterocycles. The van der Waals surface area contributed by atoms with Crippen molar-refractivity contribution in [1.29, 1.82) is 0 Å². The molecule has 0 aliphatic carbocycles. The Labute approximate surface area is 179 Å². The zero-order valence-corrected chi connectivity index (χ0v) is 17.5. The van der Waals surface area contributed by atoms with Crippen molar-refractivity contribution in [2.45, 2.75) is 44.3 Å². The first-order valence-electron chi connectivity index (χ1n) is 10.4. The van der Waals surface area contributed by atoms with E-state index in [1.54, 1.807) is 0 Å². The average Bonchev–Trinajstić information content (AvgIpc) is 3.33. The maximum Gasteiger partial charge on any atom is 0.229 e. The maximum atomic E-state index is 10.4. The highest BCUT2D eigenvalue weighted by Gasteiger charge is 2.44. The van der Waals surface area contributed by atoms with E-state index in [0.717, 1.165) is 0 Å². The van der Waals surface area contributed by atoms with Crippen LogP contribution in [0, 0.1) is 0 Å². The number of hydrogen-bond acceptors (Lipinski definition) is 9. The lowest BCUT2D eigenvalue weighted by Gasteiger charge is -2.25. The van der Waals surface area contributed by atoms with Gasteiger partial charge in [0.1, 0.15) is 23.8 Å². The van der Waals surface area contributed by atoms with Crippen molar-refractivity contribution >= 4 is 22.9 Å². The van der Waals surface area contributed by atoms with Crippen molar-refractivity contribution in [2.24, 2.45) is 0 Å². The van der Waals surface area contributed by atoms with Gasteiger partial charge in [0.15, 0.2) is 17.7 Å². The Bertz CT molecular complexity index is 1030. The van der Waals surface area contributed by atoms with E-state index in [0.29, 0.717) is 30.2 Å². The summed E-state index contributed by atoms with van der Waals surface area (Å²) in [6.07, 6.45) is -2.85. The van der Waals surface area contributed by atoms with Gasteiger partial charge in [0, 0.05) is 13.1 Å². The summed E-state index contributed by atoms with van der Waals surface area (Å²) in [5.74, 6) is 0.909. The van der Waals surface area contributed by atoms with Crippen LogP contribution in [-0.4, -0.2) is 72.8 Å². The Hall–Kier alpha value is -2.79. The molecule has 1 aromatic carbocycles. The van der Waals surface area contributed by atoms with E-state index in [4.69, 9.17) is 10.5 Å². The fraction of sp³-hybridized carbons (Fsp3) is 0.476. The molecule has 10 nitrogen and oxygen atoms in total. The van der Waals surface area contributed by atoms with Gasteiger partial charge in [-0.25, -0.2) is 4.98 Å². The normalized spacial score (nSPS) is 24.5. The van der Waals surface area contributed by atoms with Crippen molar-refractivity contribution in [1.82, 2.24) is 19.5 Å². The molecule has 0 radical (unpaired) electrons. The highest BCUT2D eigenvalue weighted by molar-refractivity contribution is 5.83. The number of hydrogen-bond donors (Lipinski definition) is 4. The lowest BCUT2D eigenvalue weighted by molar-refractivity contribution is -0.0511. The molecule has 10 heteroatoms. The number of ether oxygens (including phenoxy) is 1. The van der Waals surface area contributed by atoms with Gasteiger partial charge in [0.25, 0.3) is 0 Å². The van der Waals surface area contributed by atoms with Gasteiger partial charge in [-0.05, 0) is 18.4 Å². The Morgan fingerprint density at radius 3 is 2.58 bits per heavy atom. The fourth-order valence-corrected chi connectivity index (χ4v) is 3.93. The average molecular weight is 428 g/mol. The molecule has 31 heavy (non-hydrogen) atoms. The quantitative estimate of drug-likeness (QED) is 0.426. The van der Waals surface area contributed by atoms with Crippen molar-refractivity contribution in [2.75, 3.05) is 30.3 Å². The van der Waals surface area contributed by atoms with E-state index in [2.05, 4.69) is 34.0 Å². The van der Waals surface area contributed by atoms with Gasteiger partial charge in [-0.3, -0.25) is 4.57 Å². The summed E-state index contributed by atoms with van der Waals surface area (Å²) in [6.45, 7) is 5.11. The third-order valence-electron chi connectivity index (χ3n) is 5.76.